The second-order valence-electron chi connectivity index (χ2n) is 9.02. The lowest BCUT2D eigenvalue weighted by molar-refractivity contribution is -0.135. The number of hydrogen-bond donors (Lipinski definition) is 2. The second kappa shape index (κ2) is 6.32. The number of rotatable bonds is 5. The normalized spacial score (nSPS) is 39.9. The van der Waals surface area contributed by atoms with Crippen molar-refractivity contribution in [3.63, 3.8) is 0 Å². The highest BCUT2D eigenvalue weighted by atomic mass is 16.2. The average molecular weight is 333 g/mol. The van der Waals surface area contributed by atoms with Crippen LogP contribution in [0.25, 0.3) is 0 Å². The molecule has 1 unspecified atom stereocenters. The molecule has 5 heteroatoms. The van der Waals surface area contributed by atoms with E-state index in [2.05, 4.69) is 10.6 Å². The molecule has 134 valence electrons. The monoisotopic (exact) mass is 333 g/mol. The summed E-state index contributed by atoms with van der Waals surface area (Å²) >= 11 is 0. The fourth-order valence-electron chi connectivity index (χ4n) is 6.38. The Morgan fingerprint density at radius 1 is 1.12 bits per heavy atom. The van der Waals surface area contributed by atoms with E-state index in [0.717, 1.165) is 37.3 Å². The van der Waals surface area contributed by atoms with Crippen molar-refractivity contribution < 1.29 is 9.59 Å². The first-order chi connectivity index (χ1) is 11.5. The van der Waals surface area contributed by atoms with E-state index >= 15 is 0 Å². The van der Waals surface area contributed by atoms with E-state index in [1.165, 1.54) is 38.5 Å². The maximum Gasteiger partial charge on any atom is 0.242 e. The molecule has 1 saturated heterocycles. The second-order valence-corrected chi connectivity index (χ2v) is 9.02. The van der Waals surface area contributed by atoms with Gasteiger partial charge in [-0.2, -0.15) is 0 Å². The van der Waals surface area contributed by atoms with Gasteiger partial charge in [0, 0.05) is 26.1 Å². The number of nitrogens with zero attached hydrogens (tertiary/aromatic N) is 1. The molecule has 2 amide bonds. The molecule has 1 heterocycles. The third kappa shape index (κ3) is 3.19. The van der Waals surface area contributed by atoms with Crippen LogP contribution in [0.2, 0.25) is 0 Å². The van der Waals surface area contributed by atoms with Crippen molar-refractivity contribution in [1.82, 2.24) is 15.5 Å². The molecule has 0 spiro atoms. The highest BCUT2D eigenvalue weighted by Gasteiger charge is 2.51. The predicted molar refractivity (Wildman–Crippen MR) is 92.3 cm³/mol. The Morgan fingerprint density at radius 3 is 2.29 bits per heavy atom. The van der Waals surface area contributed by atoms with Gasteiger partial charge in [0.2, 0.25) is 11.8 Å². The largest absolute Gasteiger partial charge is 0.347 e. The lowest BCUT2D eigenvalue weighted by Crippen LogP contribution is -2.49. The summed E-state index contributed by atoms with van der Waals surface area (Å²) in [6.07, 6.45) is 9.58. The van der Waals surface area contributed by atoms with Gasteiger partial charge >= 0.3 is 0 Å². The molecule has 1 aliphatic heterocycles. The number of hydrogen-bond acceptors (Lipinski definition) is 3. The summed E-state index contributed by atoms with van der Waals surface area (Å²) in [4.78, 5) is 26.6. The van der Waals surface area contributed by atoms with Crippen LogP contribution < -0.4 is 10.6 Å². The first kappa shape index (κ1) is 16.4. The summed E-state index contributed by atoms with van der Waals surface area (Å²) < 4.78 is 0. The van der Waals surface area contributed by atoms with Gasteiger partial charge in [-0.3, -0.25) is 9.59 Å². The summed E-state index contributed by atoms with van der Waals surface area (Å²) in [5.41, 5.74) is 0.253. The van der Waals surface area contributed by atoms with Crippen molar-refractivity contribution in [2.45, 2.75) is 57.4 Å². The van der Waals surface area contributed by atoms with E-state index in [1.54, 1.807) is 4.90 Å². The fraction of sp³-hybridized carbons (Fsp3) is 0.895. The van der Waals surface area contributed by atoms with Gasteiger partial charge in [0.1, 0.15) is 0 Å². The van der Waals surface area contributed by atoms with Crippen molar-refractivity contribution in [3.05, 3.63) is 0 Å². The Morgan fingerprint density at radius 2 is 1.75 bits per heavy atom. The molecule has 2 N–H and O–H groups in total. The number of carbonyl (C=O) groups excluding carboxylic acids is 2. The minimum Gasteiger partial charge on any atom is -0.347 e. The van der Waals surface area contributed by atoms with E-state index in [-0.39, 0.29) is 29.8 Å². The summed E-state index contributed by atoms with van der Waals surface area (Å²) in [6.45, 7) is 1.99. The minimum atomic E-state index is 0.0302. The molecule has 0 aromatic carbocycles. The summed E-state index contributed by atoms with van der Waals surface area (Å²) in [6, 6.07) is 0.276. The summed E-state index contributed by atoms with van der Waals surface area (Å²) in [7, 11) is 1.85. The molecule has 5 nitrogen and oxygen atoms in total. The Labute approximate surface area is 144 Å². The molecule has 4 saturated carbocycles. The van der Waals surface area contributed by atoms with Gasteiger partial charge in [0.25, 0.3) is 0 Å². The van der Waals surface area contributed by atoms with Gasteiger partial charge in [-0.1, -0.05) is 0 Å². The van der Waals surface area contributed by atoms with E-state index in [9.17, 15) is 9.59 Å². The minimum absolute atomic E-state index is 0.0302. The van der Waals surface area contributed by atoms with Gasteiger partial charge in [-0.25, -0.2) is 0 Å². The van der Waals surface area contributed by atoms with Crippen LogP contribution >= 0.6 is 0 Å². The lowest BCUT2D eigenvalue weighted by Gasteiger charge is -2.56. The number of likely N-dealkylation sites (N-methyl/N-ethyl adjacent to an activating group) is 1. The van der Waals surface area contributed by atoms with Gasteiger partial charge < -0.3 is 15.5 Å². The third-order valence-corrected chi connectivity index (χ3v) is 7.11. The van der Waals surface area contributed by atoms with Gasteiger partial charge in [-0.05, 0) is 74.7 Å². The van der Waals surface area contributed by atoms with E-state index in [4.69, 9.17) is 0 Å². The molecule has 5 rings (SSSR count). The maximum absolute atomic E-state index is 12.5. The Kier molecular flexibility index (Phi) is 4.31. The topological polar surface area (TPSA) is 61.4 Å². The predicted octanol–water partition coefficient (Wildman–Crippen LogP) is 1.53. The average Bonchev–Trinajstić information content (AvgIpc) is 3.04. The zero-order chi connectivity index (χ0) is 16.7. The Balaban J connectivity index is 1.27. The highest BCUT2D eigenvalue weighted by Crippen LogP contribution is 2.61. The van der Waals surface area contributed by atoms with Crippen LogP contribution in [0.1, 0.15) is 51.4 Å². The van der Waals surface area contributed by atoms with Crippen molar-refractivity contribution in [3.8, 4) is 0 Å². The van der Waals surface area contributed by atoms with Crippen LogP contribution in [0, 0.1) is 23.2 Å². The Bertz CT molecular complexity index is 477. The molecular weight excluding hydrogens is 302 g/mol. The summed E-state index contributed by atoms with van der Waals surface area (Å²) in [5, 5.41) is 6.19. The van der Waals surface area contributed by atoms with E-state index in [1.807, 2.05) is 7.05 Å². The van der Waals surface area contributed by atoms with Crippen LogP contribution in [-0.2, 0) is 9.59 Å². The molecule has 0 aromatic heterocycles. The molecule has 0 aromatic rings. The fourth-order valence-corrected chi connectivity index (χ4v) is 6.38. The van der Waals surface area contributed by atoms with Crippen LogP contribution in [0.4, 0.5) is 0 Å². The SMILES string of the molecule is CN(C(=O)CNC(=O)CC12CC3CC(CC(C3)C1)C2)C1CCNC1. The molecule has 5 aliphatic rings. The maximum atomic E-state index is 12.5. The van der Waals surface area contributed by atoms with Crippen LogP contribution in [0.5, 0.6) is 0 Å². The highest BCUT2D eigenvalue weighted by molar-refractivity contribution is 5.85. The number of carbonyl (C=O) groups is 2. The first-order valence-electron chi connectivity index (χ1n) is 9.76. The van der Waals surface area contributed by atoms with Crippen molar-refractivity contribution in [2.24, 2.45) is 23.2 Å². The Hall–Kier alpha value is -1.10. The standard InChI is InChI=1S/C19H31N3O2/c1-22(16-2-3-20-11-16)18(24)12-21-17(23)10-19-7-13-4-14(8-19)6-15(5-13)9-19/h13-16,20H,2-12H2,1H3,(H,21,23). The molecule has 4 bridgehead atoms. The molecule has 24 heavy (non-hydrogen) atoms. The van der Waals surface area contributed by atoms with E-state index < -0.39 is 0 Å². The van der Waals surface area contributed by atoms with Crippen molar-refractivity contribution in [1.29, 1.82) is 0 Å². The molecule has 5 fully saturated rings. The van der Waals surface area contributed by atoms with Crippen LogP contribution in [0.3, 0.4) is 0 Å². The zero-order valence-corrected chi connectivity index (χ0v) is 14.9. The van der Waals surface area contributed by atoms with Crippen LogP contribution in [0.15, 0.2) is 0 Å². The summed E-state index contributed by atoms with van der Waals surface area (Å²) in [5.74, 6) is 2.72. The molecular formula is C19H31N3O2. The smallest absolute Gasteiger partial charge is 0.242 e. The van der Waals surface area contributed by atoms with E-state index in [0.29, 0.717) is 6.42 Å². The number of amides is 2. The van der Waals surface area contributed by atoms with Crippen LogP contribution in [-0.4, -0.2) is 49.4 Å². The van der Waals surface area contributed by atoms with Crippen molar-refractivity contribution in [2.75, 3.05) is 26.7 Å². The van der Waals surface area contributed by atoms with Gasteiger partial charge in [0.15, 0.2) is 0 Å². The van der Waals surface area contributed by atoms with Crippen molar-refractivity contribution >= 4 is 11.8 Å². The third-order valence-electron chi connectivity index (χ3n) is 7.11. The first-order valence-corrected chi connectivity index (χ1v) is 9.76. The molecule has 4 aliphatic carbocycles. The van der Waals surface area contributed by atoms with Gasteiger partial charge in [-0.15, -0.1) is 0 Å². The van der Waals surface area contributed by atoms with Gasteiger partial charge in [0.05, 0.1) is 6.54 Å². The molecule has 1 atom stereocenters. The molecule has 0 radical (unpaired) electrons. The lowest BCUT2D eigenvalue weighted by atomic mass is 9.49. The quantitative estimate of drug-likeness (QED) is 0.802. The zero-order valence-electron chi connectivity index (χ0n) is 14.9. The number of nitrogens with one attached hydrogen (secondary N) is 2.